The number of esters is 2. The Morgan fingerprint density at radius 3 is 2.21 bits per heavy atom. The van der Waals surface area contributed by atoms with Crippen LogP contribution in [0.2, 0.25) is 0 Å². The van der Waals surface area contributed by atoms with Crippen molar-refractivity contribution in [1.29, 1.82) is 0 Å². The second kappa shape index (κ2) is 6.17. The smallest absolute Gasteiger partial charge is 0.310 e. The molecule has 0 aliphatic heterocycles. The van der Waals surface area contributed by atoms with E-state index in [4.69, 9.17) is 9.47 Å². The predicted molar refractivity (Wildman–Crippen MR) is 68.2 cm³/mol. The third-order valence-corrected chi connectivity index (χ3v) is 3.30. The van der Waals surface area contributed by atoms with Gasteiger partial charge in [0.1, 0.15) is 11.9 Å². The molecule has 0 heterocycles. The Hall–Kier alpha value is -1.39. The van der Waals surface area contributed by atoms with E-state index in [0.29, 0.717) is 19.3 Å². The zero-order chi connectivity index (χ0) is 14.6. The number of hydrogen-bond acceptors (Lipinski definition) is 5. The molecule has 5 heteroatoms. The van der Waals surface area contributed by atoms with Crippen LogP contribution in [0, 0.1) is 17.8 Å². The maximum absolute atomic E-state index is 12.1. The molecule has 0 saturated heterocycles. The van der Waals surface area contributed by atoms with Crippen LogP contribution in [-0.4, -0.2) is 30.9 Å². The minimum atomic E-state index is -0.584. The first kappa shape index (κ1) is 15.7. The van der Waals surface area contributed by atoms with Gasteiger partial charge in [-0.3, -0.25) is 9.59 Å². The predicted octanol–water partition coefficient (Wildman–Crippen LogP) is 1.73. The number of aldehydes is 1. The Morgan fingerprint density at radius 2 is 1.74 bits per heavy atom. The molecule has 1 rings (SSSR count). The second-order valence-corrected chi connectivity index (χ2v) is 5.98. The largest absolute Gasteiger partial charge is 0.469 e. The molecule has 1 aliphatic carbocycles. The van der Waals surface area contributed by atoms with Gasteiger partial charge in [0.2, 0.25) is 0 Å². The van der Waals surface area contributed by atoms with Crippen molar-refractivity contribution >= 4 is 18.2 Å². The van der Waals surface area contributed by atoms with Crippen LogP contribution >= 0.6 is 0 Å². The Bertz CT molecular complexity index is 355. The molecular formula is C14H22O5. The summed E-state index contributed by atoms with van der Waals surface area (Å²) in [5, 5.41) is 0. The van der Waals surface area contributed by atoms with E-state index in [1.54, 1.807) is 20.8 Å². The maximum atomic E-state index is 12.1. The van der Waals surface area contributed by atoms with Gasteiger partial charge in [-0.15, -0.1) is 0 Å². The fourth-order valence-electron chi connectivity index (χ4n) is 2.40. The Balaban J connectivity index is 2.81. The normalized spacial score (nSPS) is 27.5. The Kier molecular flexibility index (Phi) is 5.09. The van der Waals surface area contributed by atoms with Crippen molar-refractivity contribution < 1.29 is 23.9 Å². The second-order valence-electron chi connectivity index (χ2n) is 5.98. The van der Waals surface area contributed by atoms with E-state index in [1.807, 2.05) is 0 Å². The van der Waals surface area contributed by atoms with Gasteiger partial charge >= 0.3 is 11.9 Å². The van der Waals surface area contributed by atoms with Gasteiger partial charge in [-0.25, -0.2) is 0 Å². The van der Waals surface area contributed by atoms with E-state index in [1.165, 1.54) is 7.11 Å². The van der Waals surface area contributed by atoms with E-state index in [9.17, 15) is 14.4 Å². The van der Waals surface area contributed by atoms with Crippen molar-refractivity contribution in [3.05, 3.63) is 0 Å². The summed E-state index contributed by atoms with van der Waals surface area (Å²) in [5.41, 5.74) is -0.584. The van der Waals surface area contributed by atoms with Gasteiger partial charge in [-0.2, -0.15) is 0 Å². The van der Waals surface area contributed by atoms with E-state index in [-0.39, 0.29) is 11.9 Å². The van der Waals surface area contributed by atoms with Gasteiger partial charge < -0.3 is 14.3 Å². The summed E-state index contributed by atoms with van der Waals surface area (Å²) in [6, 6.07) is 0. The lowest BCUT2D eigenvalue weighted by molar-refractivity contribution is -0.170. The molecule has 5 nitrogen and oxygen atoms in total. The number of methoxy groups -OCH3 is 1. The molecule has 19 heavy (non-hydrogen) atoms. The maximum Gasteiger partial charge on any atom is 0.310 e. The highest BCUT2D eigenvalue weighted by Gasteiger charge is 2.41. The molecule has 0 radical (unpaired) electrons. The number of rotatable bonds is 3. The molecule has 1 fully saturated rings. The van der Waals surface area contributed by atoms with Crippen molar-refractivity contribution in [1.82, 2.24) is 0 Å². The van der Waals surface area contributed by atoms with Crippen molar-refractivity contribution in [2.75, 3.05) is 7.11 Å². The first-order valence-electron chi connectivity index (χ1n) is 6.54. The zero-order valence-electron chi connectivity index (χ0n) is 12.0. The van der Waals surface area contributed by atoms with E-state index >= 15 is 0 Å². The van der Waals surface area contributed by atoms with Crippen LogP contribution in [0.3, 0.4) is 0 Å². The van der Waals surface area contributed by atoms with Crippen molar-refractivity contribution in [2.24, 2.45) is 17.8 Å². The van der Waals surface area contributed by atoms with Crippen LogP contribution in [0.15, 0.2) is 0 Å². The summed E-state index contributed by atoms with van der Waals surface area (Å²) >= 11 is 0. The Morgan fingerprint density at radius 1 is 1.11 bits per heavy atom. The number of hydrogen-bond donors (Lipinski definition) is 0. The van der Waals surface area contributed by atoms with Crippen LogP contribution in [0.4, 0.5) is 0 Å². The summed E-state index contributed by atoms with van der Waals surface area (Å²) in [4.78, 5) is 34.7. The average Bonchev–Trinajstić information content (AvgIpc) is 2.35. The van der Waals surface area contributed by atoms with Gasteiger partial charge in [0.15, 0.2) is 0 Å². The lowest BCUT2D eigenvalue weighted by Crippen LogP contribution is -2.40. The molecule has 0 spiro atoms. The third-order valence-electron chi connectivity index (χ3n) is 3.30. The SMILES string of the molecule is COC(=O)[C@H]1CC(C=O)CC[C@@H]1C(=O)OC(C)(C)C. The fourth-order valence-corrected chi connectivity index (χ4v) is 2.40. The molecular weight excluding hydrogens is 248 g/mol. The Labute approximate surface area is 113 Å². The van der Waals surface area contributed by atoms with Crippen molar-refractivity contribution in [2.45, 2.75) is 45.6 Å². The lowest BCUT2D eigenvalue weighted by atomic mass is 9.74. The first-order chi connectivity index (χ1) is 8.78. The van der Waals surface area contributed by atoms with Crippen LogP contribution in [0.5, 0.6) is 0 Å². The molecule has 0 amide bonds. The molecule has 1 unspecified atom stereocenters. The minimum Gasteiger partial charge on any atom is -0.469 e. The summed E-state index contributed by atoms with van der Waals surface area (Å²) < 4.78 is 10.1. The van der Waals surface area contributed by atoms with Gasteiger partial charge in [-0.05, 0) is 40.0 Å². The molecule has 0 bridgehead atoms. The van der Waals surface area contributed by atoms with E-state index < -0.39 is 23.4 Å². The van der Waals surface area contributed by atoms with Crippen LogP contribution in [-0.2, 0) is 23.9 Å². The molecule has 3 atom stereocenters. The molecule has 1 aliphatic rings. The van der Waals surface area contributed by atoms with Crippen LogP contribution in [0.25, 0.3) is 0 Å². The molecule has 108 valence electrons. The summed E-state index contributed by atoms with van der Waals surface area (Å²) in [5.74, 6) is -2.09. The summed E-state index contributed by atoms with van der Waals surface area (Å²) in [6.07, 6.45) is 2.31. The average molecular weight is 270 g/mol. The van der Waals surface area contributed by atoms with E-state index in [0.717, 1.165) is 6.29 Å². The van der Waals surface area contributed by atoms with Gasteiger partial charge in [0.25, 0.3) is 0 Å². The molecule has 1 saturated carbocycles. The molecule has 0 N–H and O–H groups in total. The highest BCUT2D eigenvalue weighted by atomic mass is 16.6. The minimum absolute atomic E-state index is 0.178. The van der Waals surface area contributed by atoms with E-state index in [2.05, 4.69) is 0 Å². The van der Waals surface area contributed by atoms with Gasteiger partial charge in [0.05, 0.1) is 18.9 Å². The van der Waals surface area contributed by atoms with Gasteiger partial charge in [-0.1, -0.05) is 0 Å². The summed E-state index contributed by atoms with van der Waals surface area (Å²) in [7, 11) is 1.29. The lowest BCUT2D eigenvalue weighted by Gasteiger charge is -2.32. The summed E-state index contributed by atoms with van der Waals surface area (Å²) in [6.45, 7) is 5.36. The number of carbonyl (C=O) groups is 3. The monoisotopic (exact) mass is 270 g/mol. The number of ether oxygens (including phenoxy) is 2. The fraction of sp³-hybridized carbons (Fsp3) is 0.786. The van der Waals surface area contributed by atoms with Crippen LogP contribution < -0.4 is 0 Å². The van der Waals surface area contributed by atoms with Gasteiger partial charge in [0, 0.05) is 5.92 Å². The standard InChI is InChI=1S/C14H22O5/c1-14(2,3)19-13(17)10-6-5-9(8-15)7-11(10)12(16)18-4/h8-11H,5-7H2,1-4H3/t9?,10-,11-/m0/s1. The third kappa shape index (κ3) is 4.33. The van der Waals surface area contributed by atoms with Crippen molar-refractivity contribution in [3.63, 3.8) is 0 Å². The molecule has 0 aromatic heterocycles. The topological polar surface area (TPSA) is 69.7 Å². The number of carbonyl (C=O) groups excluding carboxylic acids is 3. The quantitative estimate of drug-likeness (QED) is 0.577. The van der Waals surface area contributed by atoms with Crippen LogP contribution in [0.1, 0.15) is 40.0 Å². The zero-order valence-corrected chi connectivity index (χ0v) is 12.0. The molecule has 0 aromatic carbocycles. The highest BCUT2D eigenvalue weighted by molar-refractivity contribution is 5.83. The first-order valence-corrected chi connectivity index (χ1v) is 6.54. The highest BCUT2D eigenvalue weighted by Crippen LogP contribution is 2.35. The van der Waals surface area contributed by atoms with Crippen molar-refractivity contribution in [3.8, 4) is 0 Å². The molecule has 0 aromatic rings.